The van der Waals surface area contributed by atoms with E-state index in [1.807, 2.05) is 69.5 Å². The first-order chi connectivity index (χ1) is 23.0. The number of oxazole rings is 1. The van der Waals surface area contributed by atoms with Crippen molar-refractivity contribution in [3.8, 4) is 11.5 Å². The summed E-state index contributed by atoms with van der Waals surface area (Å²) >= 11 is 1.62. The molecule has 0 fully saturated rings. The van der Waals surface area contributed by atoms with Gasteiger partial charge in [0.25, 0.3) is 5.91 Å². The van der Waals surface area contributed by atoms with Crippen molar-refractivity contribution in [2.24, 2.45) is 0 Å². The standard InChI is InChI=1S/C36H43N5O6S/c1-5-37-33(45)24-9-6-7-10-25(24)34-40-28-17-22(13-16-30(28)47-34)20-41-29-11-8-12-31(48-4)26(29)14-15-27(35(41)46)39-32(44)18-36(2,3)38-19-23(43)21-42/h6-13,16-17,23,27,38,42-43H,5,14-15,18-21H2,1-4H3,(H,37,45)(H,39,44)/t23-,27+/m0/s1. The molecule has 1 aromatic heterocycles. The molecular weight excluding hydrogens is 630 g/mol. The Morgan fingerprint density at radius 2 is 1.94 bits per heavy atom. The number of β-amino-alcohol motifs (C(OH)–C–C–N with tert-alkyl or cyclic N) is 1. The van der Waals surface area contributed by atoms with Crippen LogP contribution in [0, 0.1) is 0 Å². The molecule has 1 aliphatic heterocycles. The van der Waals surface area contributed by atoms with Crippen LogP contribution in [0.4, 0.5) is 5.69 Å². The topological polar surface area (TPSA) is 157 Å². The van der Waals surface area contributed by atoms with Gasteiger partial charge in [-0.05, 0) is 87.4 Å². The number of benzene rings is 3. The van der Waals surface area contributed by atoms with Gasteiger partial charge in [0.05, 0.1) is 24.8 Å². The van der Waals surface area contributed by atoms with Gasteiger partial charge in [0.2, 0.25) is 17.7 Å². The third-order valence-electron chi connectivity index (χ3n) is 8.36. The molecule has 0 aliphatic carbocycles. The predicted molar refractivity (Wildman–Crippen MR) is 187 cm³/mol. The first kappa shape index (κ1) is 35.1. The first-order valence-electron chi connectivity index (χ1n) is 16.1. The zero-order chi connectivity index (χ0) is 34.4. The van der Waals surface area contributed by atoms with E-state index in [-0.39, 0.29) is 43.8 Å². The highest BCUT2D eigenvalue weighted by Crippen LogP contribution is 2.35. The molecule has 5 N–H and O–H groups in total. The van der Waals surface area contributed by atoms with Crippen LogP contribution >= 0.6 is 11.8 Å². The van der Waals surface area contributed by atoms with E-state index in [0.717, 1.165) is 21.7 Å². The molecule has 2 atom stereocenters. The van der Waals surface area contributed by atoms with Gasteiger partial charge in [0.1, 0.15) is 11.6 Å². The number of amides is 3. The van der Waals surface area contributed by atoms with E-state index in [0.29, 0.717) is 47.5 Å². The van der Waals surface area contributed by atoms with Gasteiger partial charge in [-0.1, -0.05) is 24.3 Å². The molecule has 0 unspecified atom stereocenters. The maximum Gasteiger partial charge on any atom is 0.252 e. The van der Waals surface area contributed by atoms with Gasteiger partial charge in [-0.3, -0.25) is 14.4 Å². The zero-order valence-electron chi connectivity index (χ0n) is 27.7. The Balaban J connectivity index is 1.41. The van der Waals surface area contributed by atoms with Crippen LogP contribution in [0.15, 0.2) is 70.0 Å². The number of carbonyl (C=O) groups excluding carboxylic acids is 3. The molecule has 48 heavy (non-hydrogen) atoms. The number of anilines is 1. The molecule has 2 heterocycles. The maximum atomic E-state index is 14.2. The summed E-state index contributed by atoms with van der Waals surface area (Å²) in [6.45, 7) is 6.03. The summed E-state index contributed by atoms with van der Waals surface area (Å²) in [4.78, 5) is 47.7. The van der Waals surface area contributed by atoms with E-state index >= 15 is 0 Å². The molecule has 3 aromatic carbocycles. The van der Waals surface area contributed by atoms with Crippen molar-refractivity contribution in [1.29, 1.82) is 0 Å². The number of aromatic nitrogens is 1. The Bertz CT molecular complexity index is 1790. The van der Waals surface area contributed by atoms with E-state index < -0.39 is 17.7 Å². The highest BCUT2D eigenvalue weighted by Gasteiger charge is 2.34. The average molecular weight is 674 g/mol. The lowest BCUT2D eigenvalue weighted by molar-refractivity contribution is -0.128. The number of nitrogens with one attached hydrogen (secondary N) is 3. The van der Waals surface area contributed by atoms with Crippen LogP contribution in [0.3, 0.4) is 0 Å². The number of thioether (sulfide) groups is 1. The van der Waals surface area contributed by atoms with Gasteiger partial charge in [-0.15, -0.1) is 11.8 Å². The molecule has 0 bridgehead atoms. The normalized spacial score (nSPS) is 15.6. The fourth-order valence-corrected chi connectivity index (χ4v) is 6.59. The molecule has 254 valence electrons. The average Bonchev–Trinajstić information content (AvgIpc) is 3.45. The monoisotopic (exact) mass is 673 g/mol. The van der Waals surface area contributed by atoms with E-state index in [2.05, 4.69) is 16.0 Å². The van der Waals surface area contributed by atoms with E-state index in [4.69, 9.17) is 14.5 Å². The van der Waals surface area contributed by atoms with E-state index in [1.165, 1.54) is 0 Å². The number of fused-ring (bicyclic) bond motifs is 2. The number of carbonyl (C=O) groups is 3. The third-order valence-corrected chi connectivity index (χ3v) is 9.19. The highest BCUT2D eigenvalue weighted by molar-refractivity contribution is 7.98. The van der Waals surface area contributed by atoms with Crippen molar-refractivity contribution in [2.45, 2.75) is 69.2 Å². The van der Waals surface area contributed by atoms with Gasteiger partial charge < -0.3 is 35.5 Å². The molecule has 0 saturated heterocycles. The minimum atomic E-state index is -0.931. The number of aliphatic hydroxyl groups is 2. The minimum absolute atomic E-state index is 0.0757. The van der Waals surface area contributed by atoms with Gasteiger partial charge in [-0.2, -0.15) is 0 Å². The molecule has 3 amide bonds. The van der Waals surface area contributed by atoms with E-state index in [9.17, 15) is 19.5 Å². The van der Waals surface area contributed by atoms with Crippen molar-refractivity contribution in [1.82, 2.24) is 20.9 Å². The summed E-state index contributed by atoms with van der Waals surface area (Å²) < 4.78 is 6.08. The number of hydrogen-bond acceptors (Lipinski definition) is 9. The minimum Gasteiger partial charge on any atom is -0.436 e. The quantitative estimate of drug-likeness (QED) is 0.132. The fraction of sp³-hybridized carbons (Fsp3) is 0.389. The molecule has 5 rings (SSSR count). The van der Waals surface area contributed by atoms with Crippen LogP contribution in [-0.2, 0) is 22.6 Å². The lowest BCUT2D eigenvalue weighted by Crippen LogP contribution is -2.51. The summed E-state index contributed by atoms with van der Waals surface area (Å²) in [7, 11) is 0. The van der Waals surface area contributed by atoms with Crippen molar-refractivity contribution in [2.75, 3.05) is 30.9 Å². The Hall–Kier alpha value is -4.23. The molecule has 0 radical (unpaired) electrons. The second-order valence-corrected chi connectivity index (χ2v) is 13.4. The molecule has 0 spiro atoms. The smallest absolute Gasteiger partial charge is 0.252 e. The van der Waals surface area contributed by atoms with Gasteiger partial charge in [0, 0.05) is 41.2 Å². The van der Waals surface area contributed by atoms with Crippen molar-refractivity contribution in [3.05, 3.63) is 77.4 Å². The van der Waals surface area contributed by atoms with Crippen LogP contribution in [0.2, 0.25) is 0 Å². The van der Waals surface area contributed by atoms with Crippen molar-refractivity contribution < 1.29 is 29.0 Å². The Morgan fingerprint density at radius 1 is 1.15 bits per heavy atom. The Labute approximate surface area is 284 Å². The van der Waals surface area contributed by atoms with E-state index in [1.54, 1.807) is 34.9 Å². The Morgan fingerprint density at radius 3 is 2.69 bits per heavy atom. The summed E-state index contributed by atoms with van der Waals surface area (Å²) in [5.41, 5.74) is 4.23. The largest absolute Gasteiger partial charge is 0.436 e. The van der Waals surface area contributed by atoms with Crippen LogP contribution in [0.25, 0.3) is 22.6 Å². The number of hydrogen-bond donors (Lipinski definition) is 5. The second kappa shape index (κ2) is 15.3. The highest BCUT2D eigenvalue weighted by atomic mass is 32.2. The first-order valence-corrected chi connectivity index (χ1v) is 17.3. The van der Waals surface area contributed by atoms with Crippen LogP contribution < -0.4 is 20.9 Å². The van der Waals surface area contributed by atoms with Gasteiger partial charge in [-0.25, -0.2) is 4.98 Å². The Kier molecular flexibility index (Phi) is 11.2. The lowest BCUT2D eigenvalue weighted by Gasteiger charge is -2.29. The molecule has 11 nitrogen and oxygen atoms in total. The van der Waals surface area contributed by atoms with Gasteiger partial charge >= 0.3 is 0 Å². The van der Waals surface area contributed by atoms with Crippen molar-refractivity contribution in [3.63, 3.8) is 0 Å². The van der Waals surface area contributed by atoms with Crippen LogP contribution in [-0.4, -0.2) is 76.6 Å². The molecule has 12 heteroatoms. The fourth-order valence-electron chi connectivity index (χ4n) is 5.93. The second-order valence-electron chi connectivity index (χ2n) is 12.5. The third kappa shape index (κ3) is 8.07. The van der Waals surface area contributed by atoms with Gasteiger partial charge in [0.15, 0.2) is 5.58 Å². The number of nitrogens with zero attached hydrogens (tertiary/aromatic N) is 2. The summed E-state index contributed by atoms with van der Waals surface area (Å²) in [5, 5.41) is 27.8. The number of rotatable bonds is 13. The molecule has 1 aliphatic rings. The van der Waals surface area contributed by atoms with Crippen molar-refractivity contribution >= 4 is 46.3 Å². The van der Waals surface area contributed by atoms with Crippen LogP contribution in [0.1, 0.15) is 55.1 Å². The maximum absolute atomic E-state index is 14.2. The lowest BCUT2D eigenvalue weighted by atomic mass is 9.99. The molecule has 4 aromatic rings. The zero-order valence-corrected chi connectivity index (χ0v) is 28.5. The van der Waals surface area contributed by atoms with Crippen LogP contribution in [0.5, 0.6) is 0 Å². The molecule has 0 saturated carbocycles. The number of aliphatic hydroxyl groups excluding tert-OH is 2. The summed E-state index contributed by atoms with van der Waals surface area (Å²) in [6.07, 6.45) is 2.21. The summed E-state index contributed by atoms with van der Waals surface area (Å²) in [5.74, 6) is -0.375. The summed E-state index contributed by atoms with van der Waals surface area (Å²) in [6, 6.07) is 18.0. The SMILES string of the molecule is CCNC(=O)c1ccccc1-c1nc2cc(CN3C(=O)[C@H](NC(=O)CC(C)(C)NC[C@H](O)CO)CCc4c(SC)cccc43)ccc2o1. The predicted octanol–water partition coefficient (Wildman–Crippen LogP) is 4.04. The molecular formula is C36H43N5O6S.